The molecule has 3 heteroatoms. The molecule has 0 aliphatic heterocycles. The third-order valence-corrected chi connectivity index (χ3v) is 10.3. The van der Waals surface area contributed by atoms with Crippen molar-refractivity contribution >= 4 is 76.3 Å². The third kappa shape index (κ3) is 3.78. The van der Waals surface area contributed by atoms with Crippen LogP contribution in [0.5, 0.6) is 0 Å². The maximum atomic E-state index is 6.66. The van der Waals surface area contributed by atoms with Gasteiger partial charge in [0.05, 0.1) is 22.1 Å². The van der Waals surface area contributed by atoms with Crippen LogP contribution in [0.2, 0.25) is 0 Å². The molecule has 49 heavy (non-hydrogen) atoms. The van der Waals surface area contributed by atoms with Gasteiger partial charge in [0.1, 0.15) is 5.58 Å². The second-order valence-electron chi connectivity index (χ2n) is 13.0. The van der Waals surface area contributed by atoms with E-state index in [1.165, 1.54) is 54.5 Å². The van der Waals surface area contributed by atoms with Gasteiger partial charge in [0.15, 0.2) is 5.58 Å². The number of fused-ring (bicyclic) bond motifs is 11. The Bertz CT molecular complexity index is 3090. The van der Waals surface area contributed by atoms with Crippen LogP contribution in [0.3, 0.4) is 0 Å². The summed E-state index contributed by atoms with van der Waals surface area (Å²) in [6.07, 6.45) is 0. The Balaban J connectivity index is 1.27. The molecule has 3 heterocycles. The summed E-state index contributed by atoms with van der Waals surface area (Å²) >= 11 is 0. The SMILES string of the molecule is c1ccc(-n2c3cc(-c4ccc5ccccc5c4)ccc3c3cc4c5ccc6c7ccccc7oc6c5n(-c5ccccc5)c4cc32)cc1. The zero-order chi connectivity index (χ0) is 32.1. The highest BCUT2D eigenvalue weighted by Crippen LogP contribution is 2.44. The summed E-state index contributed by atoms with van der Waals surface area (Å²) in [5.74, 6) is 0. The van der Waals surface area contributed by atoms with Crippen LogP contribution in [-0.4, -0.2) is 9.13 Å². The molecular formula is C46H28N2O. The van der Waals surface area contributed by atoms with Gasteiger partial charge in [-0.05, 0) is 82.6 Å². The standard InChI is InChI=1S/C46H28N2O/c1-3-13-33(14-4-1)47-41-26-32(31-20-19-29-11-7-8-12-30(29)25-31)21-22-35(41)39-27-40-37-23-24-38-36-17-9-10-18-44(36)49-46(38)45(37)48(43(40)28-42(39)47)34-15-5-2-6-16-34/h1-28H. The normalized spacial score (nSPS) is 12.1. The summed E-state index contributed by atoms with van der Waals surface area (Å²) in [7, 11) is 0. The van der Waals surface area contributed by atoms with Gasteiger partial charge in [-0.1, -0.05) is 109 Å². The molecule has 11 aromatic rings. The Kier molecular flexibility index (Phi) is 5.38. The molecule has 0 amide bonds. The second-order valence-corrected chi connectivity index (χ2v) is 13.0. The van der Waals surface area contributed by atoms with Crippen molar-refractivity contribution in [1.29, 1.82) is 0 Å². The van der Waals surface area contributed by atoms with Gasteiger partial charge in [0.2, 0.25) is 0 Å². The van der Waals surface area contributed by atoms with Crippen LogP contribution < -0.4 is 0 Å². The van der Waals surface area contributed by atoms with Gasteiger partial charge < -0.3 is 13.6 Å². The van der Waals surface area contributed by atoms with Crippen molar-refractivity contribution in [2.24, 2.45) is 0 Å². The predicted molar refractivity (Wildman–Crippen MR) is 205 cm³/mol. The lowest BCUT2D eigenvalue weighted by Crippen LogP contribution is -1.96. The molecule has 0 saturated carbocycles. The molecule has 11 rings (SSSR count). The lowest BCUT2D eigenvalue weighted by atomic mass is 10.00. The number of hydrogen-bond donors (Lipinski definition) is 0. The average Bonchev–Trinajstić information content (AvgIpc) is 3.81. The fraction of sp³-hybridized carbons (Fsp3) is 0. The van der Waals surface area contributed by atoms with Crippen molar-refractivity contribution in [3.8, 4) is 22.5 Å². The topological polar surface area (TPSA) is 23.0 Å². The second kappa shape index (κ2) is 9.96. The highest BCUT2D eigenvalue weighted by Gasteiger charge is 2.22. The number of furan rings is 1. The van der Waals surface area contributed by atoms with Crippen molar-refractivity contribution < 1.29 is 4.42 Å². The first-order valence-corrected chi connectivity index (χ1v) is 16.8. The molecule has 3 nitrogen and oxygen atoms in total. The predicted octanol–water partition coefficient (Wildman–Crippen LogP) is 12.6. The van der Waals surface area contributed by atoms with Crippen LogP contribution in [0.4, 0.5) is 0 Å². The summed E-state index contributed by atoms with van der Waals surface area (Å²) in [6.45, 7) is 0. The van der Waals surface area contributed by atoms with Gasteiger partial charge in [-0.3, -0.25) is 0 Å². The van der Waals surface area contributed by atoms with Crippen LogP contribution >= 0.6 is 0 Å². The minimum Gasteiger partial charge on any atom is -0.454 e. The number of para-hydroxylation sites is 3. The Labute approximate surface area is 281 Å². The van der Waals surface area contributed by atoms with E-state index in [2.05, 4.69) is 173 Å². The highest BCUT2D eigenvalue weighted by molar-refractivity contribution is 6.25. The minimum atomic E-state index is 0.906. The Hall–Kier alpha value is -6.58. The van der Waals surface area contributed by atoms with Gasteiger partial charge in [-0.15, -0.1) is 0 Å². The van der Waals surface area contributed by atoms with Crippen molar-refractivity contribution in [3.05, 3.63) is 170 Å². The summed E-state index contributed by atoms with van der Waals surface area (Å²) in [4.78, 5) is 0. The Morgan fingerprint density at radius 3 is 1.78 bits per heavy atom. The van der Waals surface area contributed by atoms with E-state index in [1.807, 2.05) is 6.07 Å². The molecule has 0 atom stereocenters. The van der Waals surface area contributed by atoms with Crippen molar-refractivity contribution in [1.82, 2.24) is 9.13 Å². The maximum absolute atomic E-state index is 6.66. The van der Waals surface area contributed by atoms with Crippen LogP contribution in [0.25, 0.3) is 98.8 Å². The Morgan fingerprint density at radius 1 is 0.347 bits per heavy atom. The molecule has 0 fully saturated rings. The van der Waals surface area contributed by atoms with E-state index in [9.17, 15) is 0 Å². The summed E-state index contributed by atoms with van der Waals surface area (Å²) in [5, 5.41) is 9.62. The van der Waals surface area contributed by atoms with Crippen molar-refractivity contribution in [3.63, 3.8) is 0 Å². The zero-order valence-electron chi connectivity index (χ0n) is 26.5. The summed E-state index contributed by atoms with van der Waals surface area (Å²) in [5.41, 5.74) is 11.1. The number of nitrogens with zero attached hydrogens (tertiary/aromatic N) is 2. The fourth-order valence-corrected chi connectivity index (χ4v) is 8.04. The lowest BCUT2D eigenvalue weighted by molar-refractivity contribution is 0.671. The largest absolute Gasteiger partial charge is 0.454 e. The zero-order valence-corrected chi connectivity index (χ0v) is 26.5. The summed E-state index contributed by atoms with van der Waals surface area (Å²) in [6, 6.07) is 61.3. The first-order valence-electron chi connectivity index (χ1n) is 16.8. The molecule has 228 valence electrons. The first kappa shape index (κ1) is 26.5. The van der Waals surface area contributed by atoms with E-state index in [4.69, 9.17) is 4.42 Å². The van der Waals surface area contributed by atoms with Crippen LogP contribution in [-0.2, 0) is 0 Å². The fourth-order valence-electron chi connectivity index (χ4n) is 8.04. The van der Waals surface area contributed by atoms with E-state index in [-0.39, 0.29) is 0 Å². The van der Waals surface area contributed by atoms with E-state index >= 15 is 0 Å². The molecule has 8 aromatic carbocycles. The number of rotatable bonds is 3. The van der Waals surface area contributed by atoms with Crippen LogP contribution in [0.1, 0.15) is 0 Å². The molecule has 0 unspecified atom stereocenters. The Morgan fingerprint density at radius 2 is 0.939 bits per heavy atom. The monoisotopic (exact) mass is 624 g/mol. The van der Waals surface area contributed by atoms with Gasteiger partial charge in [-0.25, -0.2) is 0 Å². The van der Waals surface area contributed by atoms with Gasteiger partial charge in [0.25, 0.3) is 0 Å². The van der Waals surface area contributed by atoms with Crippen LogP contribution in [0.15, 0.2) is 174 Å². The molecule has 0 radical (unpaired) electrons. The third-order valence-electron chi connectivity index (χ3n) is 10.3. The average molecular weight is 625 g/mol. The highest BCUT2D eigenvalue weighted by atomic mass is 16.3. The van der Waals surface area contributed by atoms with E-state index < -0.39 is 0 Å². The lowest BCUT2D eigenvalue weighted by Gasteiger charge is -2.11. The molecule has 0 N–H and O–H groups in total. The molecule has 0 spiro atoms. The summed E-state index contributed by atoms with van der Waals surface area (Å²) < 4.78 is 11.5. The van der Waals surface area contributed by atoms with Gasteiger partial charge in [0, 0.05) is 43.7 Å². The van der Waals surface area contributed by atoms with Crippen molar-refractivity contribution in [2.45, 2.75) is 0 Å². The van der Waals surface area contributed by atoms with Crippen LogP contribution in [0, 0.1) is 0 Å². The molecular weight excluding hydrogens is 597 g/mol. The molecule has 0 saturated heterocycles. The van der Waals surface area contributed by atoms with Gasteiger partial charge in [-0.2, -0.15) is 0 Å². The number of aromatic nitrogens is 2. The quantitative estimate of drug-likeness (QED) is 0.192. The number of hydrogen-bond acceptors (Lipinski definition) is 1. The smallest absolute Gasteiger partial charge is 0.160 e. The maximum Gasteiger partial charge on any atom is 0.160 e. The molecule has 0 aliphatic rings. The van der Waals surface area contributed by atoms with Crippen molar-refractivity contribution in [2.75, 3.05) is 0 Å². The van der Waals surface area contributed by atoms with E-state index in [1.54, 1.807) is 0 Å². The molecule has 0 bridgehead atoms. The molecule has 3 aromatic heterocycles. The minimum absolute atomic E-state index is 0.906. The van der Waals surface area contributed by atoms with E-state index in [0.717, 1.165) is 44.3 Å². The first-order chi connectivity index (χ1) is 24.3. The number of benzene rings is 8. The molecule has 0 aliphatic carbocycles. The van der Waals surface area contributed by atoms with E-state index in [0.29, 0.717) is 0 Å². The van der Waals surface area contributed by atoms with Gasteiger partial charge >= 0.3 is 0 Å².